The third-order valence-electron chi connectivity index (χ3n) is 3.01. The minimum absolute atomic E-state index is 0.108. The molecule has 0 aliphatic carbocycles. The van der Waals surface area contributed by atoms with Gasteiger partial charge in [0.1, 0.15) is 11.8 Å². The summed E-state index contributed by atoms with van der Waals surface area (Å²) in [5, 5.41) is 3.04. The maximum absolute atomic E-state index is 13.8. The Labute approximate surface area is 151 Å². The Morgan fingerprint density at radius 3 is 2.73 bits per heavy atom. The van der Waals surface area contributed by atoms with E-state index in [1.165, 1.54) is 7.05 Å². The fourth-order valence-corrected chi connectivity index (χ4v) is 3.39. The van der Waals surface area contributed by atoms with Crippen molar-refractivity contribution in [2.45, 2.75) is 11.8 Å². The van der Waals surface area contributed by atoms with E-state index in [2.05, 4.69) is 14.3 Å². The van der Waals surface area contributed by atoms with Gasteiger partial charge in [-0.05, 0) is 19.1 Å². The quantitative estimate of drug-likeness (QED) is 0.518. The molecule has 2 aromatic heterocycles. The molecule has 0 saturated carbocycles. The zero-order chi connectivity index (χ0) is 19.6. The highest BCUT2D eigenvalue weighted by atomic mass is 32.2. The molecule has 2 heterocycles. The zero-order valence-corrected chi connectivity index (χ0v) is 15.3. The summed E-state index contributed by atoms with van der Waals surface area (Å²) in [4.78, 5) is 22.5. The van der Waals surface area contributed by atoms with E-state index in [9.17, 15) is 22.4 Å². The monoisotopic (exact) mass is 408 g/mol. The van der Waals surface area contributed by atoms with Gasteiger partial charge < -0.3 is 13.9 Å². The second-order valence-electron chi connectivity index (χ2n) is 4.62. The summed E-state index contributed by atoms with van der Waals surface area (Å²) in [6.45, 7) is 1.85. The van der Waals surface area contributed by atoms with E-state index in [4.69, 9.17) is 17.0 Å². The number of aromatic nitrogens is 3. The van der Waals surface area contributed by atoms with Crippen molar-refractivity contribution in [3.05, 3.63) is 28.3 Å². The number of halogens is 1. The van der Waals surface area contributed by atoms with Gasteiger partial charge in [-0.1, -0.05) is 0 Å². The Bertz CT molecular complexity index is 1020. The van der Waals surface area contributed by atoms with E-state index in [0.717, 1.165) is 11.7 Å². The highest BCUT2D eigenvalue weighted by Crippen LogP contribution is 2.22. The molecule has 0 unspecified atom stereocenters. The summed E-state index contributed by atoms with van der Waals surface area (Å²) in [6.07, 6.45) is 0.582. The fourth-order valence-electron chi connectivity index (χ4n) is 1.84. The molecule has 0 amide bonds. The fraction of sp³-hybridized carbons (Fsp3) is 0.333. The van der Waals surface area contributed by atoms with E-state index in [1.807, 2.05) is 0 Å². The Balaban J connectivity index is 2.41. The SMILES string of the molecule is CCOc1nn(C(=S)NS(=O)(=O)c2c(C(=O)OC)coc2F)c(=O)n1C. The predicted octanol–water partition coefficient (Wildman–Crippen LogP) is -0.389. The molecular formula is C12H13FN4O7S2. The van der Waals surface area contributed by atoms with Gasteiger partial charge in [0.05, 0.1) is 13.7 Å². The first kappa shape index (κ1) is 19.6. The number of hydrogen-bond donors (Lipinski definition) is 1. The van der Waals surface area contributed by atoms with E-state index in [-0.39, 0.29) is 12.6 Å². The Hall–Kier alpha value is -2.74. The van der Waals surface area contributed by atoms with Crippen molar-refractivity contribution in [2.24, 2.45) is 7.05 Å². The van der Waals surface area contributed by atoms with Gasteiger partial charge in [-0.2, -0.15) is 4.39 Å². The molecule has 11 nitrogen and oxygen atoms in total. The van der Waals surface area contributed by atoms with Crippen LogP contribution >= 0.6 is 12.2 Å². The number of esters is 1. The van der Waals surface area contributed by atoms with Gasteiger partial charge in [-0.25, -0.2) is 22.6 Å². The van der Waals surface area contributed by atoms with E-state index in [0.29, 0.717) is 10.9 Å². The standard InChI is InChI=1S/C12H13FN4O7S2/c1-4-23-10-14-17(12(19)16(10)2)11(25)15-26(20,21)7-6(9(18)22-3)5-24-8(7)13/h5H,4H2,1-3H3,(H,15,25). The third-order valence-corrected chi connectivity index (χ3v) is 4.79. The number of carbonyl (C=O) groups is 1. The minimum Gasteiger partial charge on any atom is -0.465 e. The summed E-state index contributed by atoms with van der Waals surface area (Å²) in [5.74, 6) is -1.14. The van der Waals surface area contributed by atoms with E-state index < -0.39 is 43.3 Å². The third kappa shape index (κ3) is 3.45. The normalized spacial score (nSPS) is 11.2. The van der Waals surface area contributed by atoms with Crippen LogP contribution < -0.4 is 15.1 Å². The Kier molecular flexibility index (Phi) is 5.46. The molecule has 2 aromatic rings. The first-order chi connectivity index (χ1) is 12.1. The first-order valence-electron chi connectivity index (χ1n) is 6.85. The van der Waals surface area contributed by atoms with Crippen molar-refractivity contribution < 1.29 is 31.5 Å². The molecule has 0 aliphatic rings. The van der Waals surface area contributed by atoms with Crippen molar-refractivity contribution in [2.75, 3.05) is 13.7 Å². The van der Waals surface area contributed by atoms with Crippen molar-refractivity contribution >= 4 is 33.3 Å². The van der Waals surface area contributed by atoms with Gasteiger partial charge in [0.15, 0.2) is 4.90 Å². The number of nitrogens with one attached hydrogen (secondary N) is 1. The predicted molar refractivity (Wildman–Crippen MR) is 87.0 cm³/mol. The molecule has 0 atom stereocenters. The number of hydrogen-bond acceptors (Lipinski definition) is 9. The zero-order valence-electron chi connectivity index (χ0n) is 13.7. The number of ether oxygens (including phenoxy) is 2. The van der Waals surface area contributed by atoms with Gasteiger partial charge >= 0.3 is 17.7 Å². The molecular weight excluding hydrogens is 395 g/mol. The molecule has 0 aromatic carbocycles. The number of methoxy groups -OCH3 is 1. The summed E-state index contributed by atoms with van der Waals surface area (Å²) in [5.41, 5.74) is -1.48. The smallest absolute Gasteiger partial charge is 0.355 e. The lowest BCUT2D eigenvalue weighted by molar-refractivity contribution is 0.0596. The molecule has 0 aliphatic heterocycles. The van der Waals surface area contributed by atoms with Crippen LogP contribution in [0, 0.1) is 6.01 Å². The van der Waals surface area contributed by atoms with Crippen LogP contribution in [0.4, 0.5) is 4.39 Å². The Morgan fingerprint density at radius 2 is 2.15 bits per heavy atom. The molecule has 0 radical (unpaired) electrons. The van der Waals surface area contributed by atoms with Gasteiger partial charge in [0.2, 0.25) is 5.11 Å². The van der Waals surface area contributed by atoms with Crippen molar-refractivity contribution in [3.63, 3.8) is 0 Å². The van der Waals surface area contributed by atoms with Crippen molar-refractivity contribution in [1.82, 2.24) is 19.1 Å². The molecule has 142 valence electrons. The van der Waals surface area contributed by atoms with Gasteiger partial charge in [-0.15, -0.1) is 9.78 Å². The summed E-state index contributed by atoms with van der Waals surface area (Å²) >= 11 is 4.84. The number of rotatable bonds is 5. The molecule has 14 heteroatoms. The van der Waals surface area contributed by atoms with Gasteiger partial charge in [0.25, 0.3) is 16.0 Å². The first-order valence-corrected chi connectivity index (χ1v) is 8.74. The molecule has 2 rings (SSSR count). The number of carbonyl (C=O) groups excluding carboxylic acids is 1. The van der Waals surface area contributed by atoms with Crippen LogP contribution in [0.5, 0.6) is 6.01 Å². The molecule has 26 heavy (non-hydrogen) atoms. The molecule has 0 saturated heterocycles. The molecule has 0 spiro atoms. The maximum Gasteiger partial charge on any atom is 0.355 e. The largest absolute Gasteiger partial charge is 0.465 e. The Morgan fingerprint density at radius 1 is 1.50 bits per heavy atom. The van der Waals surface area contributed by atoms with Crippen LogP contribution in [-0.2, 0) is 21.8 Å². The van der Waals surface area contributed by atoms with Crippen molar-refractivity contribution in [1.29, 1.82) is 0 Å². The highest BCUT2D eigenvalue weighted by Gasteiger charge is 2.32. The lowest BCUT2D eigenvalue weighted by Gasteiger charge is -2.07. The topological polar surface area (TPSA) is 135 Å². The van der Waals surface area contributed by atoms with Crippen LogP contribution in [0.2, 0.25) is 0 Å². The van der Waals surface area contributed by atoms with Crippen LogP contribution in [0.25, 0.3) is 0 Å². The molecule has 1 N–H and O–H groups in total. The lowest BCUT2D eigenvalue weighted by Crippen LogP contribution is -2.40. The number of thiocarbonyl (C=S) groups is 1. The number of furan rings is 1. The van der Waals surface area contributed by atoms with Crippen molar-refractivity contribution in [3.8, 4) is 6.01 Å². The molecule has 0 bridgehead atoms. The maximum atomic E-state index is 13.8. The van der Waals surface area contributed by atoms with Crippen LogP contribution in [0.3, 0.4) is 0 Å². The summed E-state index contributed by atoms with van der Waals surface area (Å²) in [6, 6.07) is -1.66. The second kappa shape index (κ2) is 7.25. The van der Waals surface area contributed by atoms with Crippen LogP contribution in [0.15, 0.2) is 20.4 Å². The van der Waals surface area contributed by atoms with Gasteiger partial charge in [-0.3, -0.25) is 4.72 Å². The average molecular weight is 408 g/mol. The number of nitrogens with zero attached hydrogens (tertiary/aromatic N) is 3. The molecule has 0 fully saturated rings. The van der Waals surface area contributed by atoms with E-state index >= 15 is 0 Å². The minimum atomic E-state index is -4.72. The van der Waals surface area contributed by atoms with Crippen LogP contribution in [-0.4, -0.2) is 47.6 Å². The summed E-state index contributed by atoms with van der Waals surface area (Å²) in [7, 11) is -2.42. The highest BCUT2D eigenvalue weighted by molar-refractivity contribution is 7.92. The number of sulfonamides is 1. The summed E-state index contributed by atoms with van der Waals surface area (Å²) < 4.78 is 55.6. The average Bonchev–Trinajstić information content (AvgIpc) is 3.10. The van der Waals surface area contributed by atoms with E-state index in [1.54, 1.807) is 11.6 Å². The van der Waals surface area contributed by atoms with Crippen LogP contribution in [0.1, 0.15) is 17.3 Å². The lowest BCUT2D eigenvalue weighted by atomic mass is 10.3. The van der Waals surface area contributed by atoms with Gasteiger partial charge in [0, 0.05) is 7.05 Å². The second-order valence-corrected chi connectivity index (χ2v) is 6.63.